The molecule has 0 heterocycles. The zero-order valence-electron chi connectivity index (χ0n) is 12.6. The van der Waals surface area contributed by atoms with Crippen molar-refractivity contribution in [2.75, 3.05) is 13.6 Å². The van der Waals surface area contributed by atoms with Crippen molar-refractivity contribution in [1.82, 2.24) is 4.31 Å². The van der Waals surface area contributed by atoms with Crippen molar-refractivity contribution in [3.63, 3.8) is 0 Å². The topological polar surface area (TPSA) is 63.4 Å². The summed E-state index contributed by atoms with van der Waals surface area (Å²) in [5, 5.41) is 0. The fourth-order valence-corrected chi connectivity index (χ4v) is 3.64. The van der Waals surface area contributed by atoms with Gasteiger partial charge >= 0.3 is 0 Å². The zero-order valence-corrected chi connectivity index (χ0v) is 13.4. The standard InChI is InChI=1S/C15H21FN2O2S/c1-4-13(5-2)18(3)21(19,20)15-9-8-12(7-6-10-17)11-14(15)16/h8-9,11,13H,4-5,10,17H2,1-3H3. The van der Waals surface area contributed by atoms with Gasteiger partial charge in [0.2, 0.25) is 10.0 Å². The molecule has 0 saturated carbocycles. The van der Waals surface area contributed by atoms with Crippen molar-refractivity contribution in [2.24, 2.45) is 5.73 Å². The maximum absolute atomic E-state index is 14.1. The molecule has 6 heteroatoms. The van der Waals surface area contributed by atoms with Crippen molar-refractivity contribution in [3.05, 3.63) is 29.6 Å². The predicted molar refractivity (Wildman–Crippen MR) is 81.7 cm³/mol. The van der Waals surface area contributed by atoms with E-state index in [1.54, 1.807) is 0 Å². The number of rotatable bonds is 5. The molecule has 0 aliphatic rings. The molecule has 21 heavy (non-hydrogen) atoms. The highest BCUT2D eigenvalue weighted by atomic mass is 32.2. The minimum atomic E-state index is -3.84. The van der Waals surface area contributed by atoms with Crippen molar-refractivity contribution >= 4 is 10.0 Å². The molecule has 0 aliphatic carbocycles. The van der Waals surface area contributed by atoms with E-state index in [1.165, 1.54) is 23.5 Å². The molecule has 0 aliphatic heterocycles. The Morgan fingerprint density at radius 3 is 2.43 bits per heavy atom. The molecule has 0 atom stereocenters. The highest BCUT2D eigenvalue weighted by molar-refractivity contribution is 7.89. The van der Waals surface area contributed by atoms with Crippen LogP contribution < -0.4 is 5.73 Å². The number of hydrogen-bond acceptors (Lipinski definition) is 3. The molecule has 0 aromatic heterocycles. The SMILES string of the molecule is CCC(CC)N(C)S(=O)(=O)c1ccc(C#CCN)cc1F. The average molecular weight is 312 g/mol. The summed E-state index contributed by atoms with van der Waals surface area (Å²) in [5.41, 5.74) is 5.65. The Bertz CT molecular complexity index is 643. The summed E-state index contributed by atoms with van der Waals surface area (Å²) in [6.07, 6.45) is 1.35. The number of sulfonamides is 1. The van der Waals surface area contributed by atoms with Gasteiger partial charge in [0.05, 0.1) is 6.54 Å². The van der Waals surface area contributed by atoms with Crippen LogP contribution in [0.3, 0.4) is 0 Å². The minimum absolute atomic E-state index is 0.147. The van der Waals surface area contributed by atoms with E-state index < -0.39 is 15.8 Å². The second-order valence-corrected chi connectivity index (χ2v) is 6.61. The third-order valence-electron chi connectivity index (χ3n) is 3.38. The van der Waals surface area contributed by atoms with E-state index in [-0.39, 0.29) is 17.5 Å². The molecule has 4 nitrogen and oxygen atoms in total. The Morgan fingerprint density at radius 1 is 1.33 bits per heavy atom. The fourth-order valence-electron chi connectivity index (χ4n) is 2.10. The maximum Gasteiger partial charge on any atom is 0.245 e. The van der Waals surface area contributed by atoms with E-state index in [0.717, 1.165) is 6.07 Å². The van der Waals surface area contributed by atoms with E-state index in [4.69, 9.17) is 5.73 Å². The van der Waals surface area contributed by atoms with E-state index in [0.29, 0.717) is 18.4 Å². The van der Waals surface area contributed by atoms with Gasteiger partial charge in [0.1, 0.15) is 10.7 Å². The molecule has 0 fully saturated rings. The van der Waals surface area contributed by atoms with Crippen LogP contribution >= 0.6 is 0 Å². The molecule has 2 N–H and O–H groups in total. The molecule has 0 bridgehead atoms. The summed E-state index contributed by atoms with van der Waals surface area (Å²) in [4.78, 5) is -0.324. The molecular formula is C15H21FN2O2S. The smallest absolute Gasteiger partial charge is 0.245 e. The Morgan fingerprint density at radius 2 is 1.95 bits per heavy atom. The Kier molecular flexibility index (Phi) is 6.34. The van der Waals surface area contributed by atoms with Gasteiger partial charge in [-0.25, -0.2) is 12.8 Å². The van der Waals surface area contributed by atoms with E-state index in [1.807, 2.05) is 13.8 Å². The lowest BCUT2D eigenvalue weighted by Crippen LogP contribution is -2.36. The molecule has 1 aromatic carbocycles. The largest absolute Gasteiger partial charge is 0.320 e. The van der Waals surface area contributed by atoms with Crippen LogP contribution in [-0.2, 0) is 10.0 Å². The first-order chi connectivity index (χ1) is 9.88. The van der Waals surface area contributed by atoms with Gasteiger partial charge in [-0.2, -0.15) is 4.31 Å². The lowest BCUT2D eigenvalue weighted by atomic mass is 10.2. The quantitative estimate of drug-likeness (QED) is 0.845. The van der Waals surface area contributed by atoms with Gasteiger partial charge in [-0.1, -0.05) is 25.7 Å². The zero-order chi connectivity index (χ0) is 16.0. The number of hydrogen-bond donors (Lipinski definition) is 1. The monoisotopic (exact) mass is 312 g/mol. The predicted octanol–water partition coefficient (Wildman–Crippen LogP) is 1.94. The molecule has 0 spiro atoms. The summed E-state index contributed by atoms with van der Waals surface area (Å²) in [6.45, 7) is 3.98. The summed E-state index contributed by atoms with van der Waals surface area (Å²) >= 11 is 0. The third kappa shape index (κ3) is 4.03. The molecule has 1 aromatic rings. The molecule has 116 valence electrons. The number of nitrogens with zero attached hydrogens (tertiary/aromatic N) is 1. The second-order valence-electron chi connectivity index (χ2n) is 4.64. The van der Waals surface area contributed by atoms with E-state index in [9.17, 15) is 12.8 Å². The van der Waals surface area contributed by atoms with Crippen molar-refractivity contribution < 1.29 is 12.8 Å². The van der Waals surface area contributed by atoms with Gasteiger partial charge in [0.15, 0.2) is 0 Å². The van der Waals surface area contributed by atoms with Crippen LogP contribution in [0.15, 0.2) is 23.1 Å². The van der Waals surface area contributed by atoms with Crippen molar-refractivity contribution in [3.8, 4) is 11.8 Å². The molecule has 1 rings (SSSR count). The Balaban J connectivity index is 3.20. The van der Waals surface area contributed by atoms with Gasteiger partial charge in [-0.15, -0.1) is 0 Å². The summed E-state index contributed by atoms with van der Waals surface area (Å²) in [5.74, 6) is 4.48. The number of benzene rings is 1. The number of nitrogens with two attached hydrogens (primary N) is 1. The molecule has 0 saturated heterocycles. The third-order valence-corrected chi connectivity index (χ3v) is 5.32. The highest BCUT2D eigenvalue weighted by Gasteiger charge is 2.28. The first-order valence-electron chi connectivity index (χ1n) is 6.84. The van der Waals surface area contributed by atoms with Crippen LogP contribution in [0.25, 0.3) is 0 Å². The Hall–Kier alpha value is -1.42. The van der Waals surface area contributed by atoms with Crippen molar-refractivity contribution in [2.45, 2.75) is 37.6 Å². The normalized spacial score (nSPS) is 11.6. The van der Waals surface area contributed by atoms with Crippen LogP contribution in [0, 0.1) is 17.7 Å². The summed E-state index contributed by atoms with van der Waals surface area (Å²) < 4.78 is 40.3. The summed E-state index contributed by atoms with van der Waals surface area (Å²) in [6, 6.07) is 3.71. The van der Waals surface area contributed by atoms with Gasteiger partial charge in [-0.3, -0.25) is 0 Å². The van der Waals surface area contributed by atoms with Crippen LogP contribution in [0.5, 0.6) is 0 Å². The summed E-state index contributed by atoms with van der Waals surface area (Å²) in [7, 11) is -2.36. The highest BCUT2D eigenvalue weighted by Crippen LogP contribution is 2.22. The lowest BCUT2D eigenvalue weighted by Gasteiger charge is -2.25. The van der Waals surface area contributed by atoms with Gasteiger partial charge < -0.3 is 5.73 Å². The van der Waals surface area contributed by atoms with E-state index in [2.05, 4.69) is 11.8 Å². The van der Waals surface area contributed by atoms with E-state index >= 15 is 0 Å². The van der Waals surface area contributed by atoms with Gasteiger partial charge in [0.25, 0.3) is 0 Å². The van der Waals surface area contributed by atoms with Crippen LogP contribution in [0.1, 0.15) is 32.3 Å². The van der Waals surface area contributed by atoms with Gasteiger partial charge in [0, 0.05) is 18.7 Å². The second kappa shape index (κ2) is 7.55. The molecule has 0 unspecified atom stereocenters. The van der Waals surface area contributed by atoms with Crippen LogP contribution in [0.4, 0.5) is 4.39 Å². The molecule has 0 radical (unpaired) electrons. The lowest BCUT2D eigenvalue weighted by molar-refractivity contribution is 0.348. The maximum atomic E-state index is 14.1. The minimum Gasteiger partial charge on any atom is -0.320 e. The Labute approximate surface area is 126 Å². The average Bonchev–Trinajstić information content (AvgIpc) is 2.46. The first kappa shape index (κ1) is 17.6. The molecule has 0 amide bonds. The van der Waals surface area contributed by atoms with Gasteiger partial charge in [-0.05, 0) is 31.0 Å². The number of halogens is 1. The van der Waals surface area contributed by atoms with Crippen LogP contribution in [0.2, 0.25) is 0 Å². The fraction of sp³-hybridized carbons (Fsp3) is 0.467. The first-order valence-corrected chi connectivity index (χ1v) is 8.29. The van der Waals surface area contributed by atoms with Crippen LogP contribution in [-0.4, -0.2) is 32.4 Å². The van der Waals surface area contributed by atoms with Crippen molar-refractivity contribution in [1.29, 1.82) is 0 Å². The molecular weight excluding hydrogens is 291 g/mol.